The van der Waals surface area contributed by atoms with Crippen LogP contribution in [0, 0.1) is 0 Å². The van der Waals surface area contributed by atoms with Crippen molar-refractivity contribution in [1.82, 2.24) is 10.0 Å². The van der Waals surface area contributed by atoms with Gasteiger partial charge in [-0.15, -0.1) is 0 Å². The van der Waals surface area contributed by atoms with Crippen molar-refractivity contribution in [3.05, 3.63) is 0 Å². The van der Waals surface area contributed by atoms with Gasteiger partial charge in [-0.2, -0.15) is 0 Å². The summed E-state index contributed by atoms with van der Waals surface area (Å²) >= 11 is -2.47. The van der Waals surface area contributed by atoms with E-state index in [1.54, 1.807) is 0 Å². The lowest BCUT2D eigenvalue weighted by Gasteiger charge is -2.22. The molecule has 2 unspecified atom stereocenters. The summed E-state index contributed by atoms with van der Waals surface area (Å²) in [6, 6.07) is -0.805. The van der Waals surface area contributed by atoms with E-state index in [9.17, 15) is 18.4 Å². The maximum Gasteiger partial charge on any atom is 0.244 e. The molecule has 1 rings (SSSR count). The van der Waals surface area contributed by atoms with Gasteiger partial charge in [-0.1, -0.05) is 0 Å². The molecule has 0 radical (unpaired) electrons. The summed E-state index contributed by atoms with van der Waals surface area (Å²) in [6.07, 6.45) is 0.388. The molecule has 2 atom stereocenters. The Hall–Kier alpha value is -0.790. The van der Waals surface area contributed by atoms with E-state index in [-0.39, 0.29) is 18.7 Å². The van der Waals surface area contributed by atoms with E-state index in [1.807, 2.05) is 10.0 Å². The number of hydrogen-bond acceptors (Lipinski definition) is 4. The molecule has 1 fully saturated rings. The summed E-state index contributed by atoms with van der Waals surface area (Å²) < 4.78 is 22.2. The quantitative estimate of drug-likeness (QED) is 0.396. The third-order valence-electron chi connectivity index (χ3n) is 1.48. The summed E-state index contributed by atoms with van der Waals surface area (Å²) in [5, 5.41) is 2.02. The van der Waals surface area contributed by atoms with Crippen LogP contribution in [0.15, 0.2) is 0 Å². The Kier molecular flexibility index (Phi) is 2.90. The molecule has 0 saturated carbocycles. The van der Waals surface area contributed by atoms with Crippen LogP contribution in [0.4, 0.5) is 0 Å². The highest BCUT2D eigenvalue weighted by Crippen LogP contribution is 2.03. The first kappa shape index (κ1) is 9.30. The minimum atomic E-state index is -2.47. The van der Waals surface area contributed by atoms with Crippen molar-refractivity contribution < 1.29 is 18.4 Å². The Morgan fingerprint density at radius 2 is 2.25 bits per heavy atom. The van der Waals surface area contributed by atoms with E-state index in [4.69, 9.17) is 0 Å². The molecule has 0 aliphatic carbocycles. The highest BCUT2D eigenvalue weighted by atomic mass is 32.2. The molecule has 6 nitrogen and oxygen atoms in total. The molecule has 2 N–H and O–H groups in total. The second-order valence-corrected chi connectivity index (χ2v) is 3.06. The Morgan fingerprint density at radius 3 is 2.75 bits per heavy atom. The minimum absolute atomic E-state index is 0.167. The summed E-state index contributed by atoms with van der Waals surface area (Å²) in [5.41, 5.74) is 0. The van der Waals surface area contributed by atoms with E-state index in [2.05, 4.69) is 0 Å². The first-order valence-electron chi connectivity index (χ1n) is 3.28. The molecule has 0 bridgehead atoms. The van der Waals surface area contributed by atoms with Gasteiger partial charge in [0.25, 0.3) is 0 Å². The van der Waals surface area contributed by atoms with Crippen molar-refractivity contribution in [3.63, 3.8) is 0 Å². The number of hydrogen-bond donors (Lipinski definition) is 2. The van der Waals surface area contributed by atoms with Gasteiger partial charge < -0.3 is 4.55 Å². The summed E-state index contributed by atoms with van der Waals surface area (Å²) in [4.78, 5) is 21.5. The van der Waals surface area contributed by atoms with Crippen LogP contribution in [0.3, 0.4) is 0 Å². The molecular formula is C5H7N2O4S-. The van der Waals surface area contributed by atoms with Gasteiger partial charge in [-0.05, 0) is 6.42 Å². The first-order valence-corrected chi connectivity index (χ1v) is 4.36. The fourth-order valence-corrected chi connectivity index (χ4v) is 1.38. The molecule has 68 valence electrons. The lowest BCUT2D eigenvalue weighted by molar-refractivity contribution is -0.134. The van der Waals surface area contributed by atoms with Gasteiger partial charge >= 0.3 is 0 Å². The Bertz CT molecular complexity index is 242. The summed E-state index contributed by atoms with van der Waals surface area (Å²) in [7, 11) is 0. The number of amides is 2. The minimum Gasteiger partial charge on any atom is -0.760 e. The zero-order valence-corrected chi connectivity index (χ0v) is 6.85. The largest absolute Gasteiger partial charge is 0.760 e. The molecule has 0 spiro atoms. The summed E-state index contributed by atoms with van der Waals surface area (Å²) in [6.45, 7) is 0. The first-order chi connectivity index (χ1) is 5.59. The fourth-order valence-electron chi connectivity index (χ4n) is 0.922. The van der Waals surface area contributed by atoms with Crippen molar-refractivity contribution in [2.75, 3.05) is 0 Å². The molecular weight excluding hydrogens is 184 g/mol. The van der Waals surface area contributed by atoms with Crippen LogP contribution < -0.4 is 10.0 Å². The van der Waals surface area contributed by atoms with Crippen LogP contribution in [-0.2, 0) is 20.9 Å². The Morgan fingerprint density at radius 1 is 1.58 bits per heavy atom. The number of carbonyl (C=O) groups is 2. The normalized spacial score (nSPS) is 26.6. The molecule has 1 saturated heterocycles. The fraction of sp³-hybridized carbons (Fsp3) is 0.600. The predicted octanol–water partition coefficient (Wildman–Crippen LogP) is -1.82. The van der Waals surface area contributed by atoms with Crippen molar-refractivity contribution in [2.24, 2.45) is 0 Å². The van der Waals surface area contributed by atoms with Gasteiger partial charge in [0.15, 0.2) is 0 Å². The molecule has 1 aliphatic heterocycles. The molecule has 0 aromatic rings. The Labute approximate surface area is 71.1 Å². The standard InChI is InChI=1S/C5H8N2O4S/c8-4-2-1-3(5(9)6-4)7-12(10)11/h3,7H,1-2H2,(H,10,11)(H,6,8,9)/p-1. The maximum absolute atomic E-state index is 10.9. The number of rotatable bonds is 2. The maximum atomic E-state index is 10.9. The van der Waals surface area contributed by atoms with E-state index in [0.29, 0.717) is 0 Å². The zero-order valence-electron chi connectivity index (χ0n) is 6.03. The van der Waals surface area contributed by atoms with Crippen LogP contribution in [0.2, 0.25) is 0 Å². The number of imide groups is 1. The van der Waals surface area contributed by atoms with E-state index >= 15 is 0 Å². The third kappa shape index (κ3) is 2.36. The third-order valence-corrected chi connectivity index (χ3v) is 1.95. The number of carbonyl (C=O) groups excluding carboxylic acids is 2. The molecule has 0 aromatic heterocycles. The van der Waals surface area contributed by atoms with E-state index in [1.165, 1.54) is 0 Å². The van der Waals surface area contributed by atoms with Crippen LogP contribution in [0.25, 0.3) is 0 Å². The Balaban J connectivity index is 2.51. The highest BCUT2D eigenvalue weighted by Gasteiger charge is 2.25. The molecule has 7 heteroatoms. The van der Waals surface area contributed by atoms with Gasteiger partial charge in [-0.25, -0.2) is 4.72 Å². The van der Waals surface area contributed by atoms with Crippen LogP contribution in [0.5, 0.6) is 0 Å². The van der Waals surface area contributed by atoms with Gasteiger partial charge in [0.05, 0.1) is 6.04 Å². The number of piperidine rings is 1. The lowest BCUT2D eigenvalue weighted by Crippen LogP contribution is -2.50. The second kappa shape index (κ2) is 3.74. The van der Waals surface area contributed by atoms with Crippen LogP contribution >= 0.6 is 0 Å². The van der Waals surface area contributed by atoms with Crippen molar-refractivity contribution in [3.8, 4) is 0 Å². The predicted molar refractivity (Wildman–Crippen MR) is 38.2 cm³/mol. The zero-order chi connectivity index (χ0) is 9.14. The molecule has 1 heterocycles. The molecule has 1 aliphatic rings. The topological polar surface area (TPSA) is 98.3 Å². The van der Waals surface area contributed by atoms with Gasteiger partial charge in [0.2, 0.25) is 11.8 Å². The lowest BCUT2D eigenvalue weighted by atomic mass is 10.1. The second-order valence-electron chi connectivity index (χ2n) is 2.36. The monoisotopic (exact) mass is 191 g/mol. The van der Waals surface area contributed by atoms with Crippen molar-refractivity contribution >= 4 is 23.1 Å². The van der Waals surface area contributed by atoms with Gasteiger partial charge in [0, 0.05) is 17.7 Å². The summed E-state index contributed by atoms with van der Waals surface area (Å²) in [5.74, 6) is -0.954. The average molecular weight is 191 g/mol. The van der Waals surface area contributed by atoms with Crippen molar-refractivity contribution in [2.45, 2.75) is 18.9 Å². The molecule has 0 aromatic carbocycles. The highest BCUT2D eigenvalue weighted by molar-refractivity contribution is 7.77. The SMILES string of the molecule is O=C1CCC(NS(=O)[O-])C(=O)N1. The van der Waals surface area contributed by atoms with Crippen molar-refractivity contribution in [1.29, 1.82) is 0 Å². The van der Waals surface area contributed by atoms with Crippen LogP contribution in [0.1, 0.15) is 12.8 Å². The molecule has 2 amide bonds. The van der Waals surface area contributed by atoms with Gasteiger partial charge in [-0.3, -0.25) is 19.1 Å². The van der Waals surface area contributed by atoms with E-state index in [0.717, 1.165) is 0 Å². The number of nitrogens with one attached hydrogen (secondary N) is 2. The smallest absolute Gasteiger partial charge is 0.244 e. The average Bonchev–Trinajstić information content (AvgIpc) is 1.94. The van der Waals surface area contributed by atoms with E-state index < -0.39 is 23.2 Å². The molecule has 12 heavy (non-hydrogen) atoms. The van der Waals surface area contributed by atoms with Crippen LogP contribution in [-0.4, -0.2) is 26.6 Å². The van der Waals surface area contributed by atoms with Gasteiger partial charge in [0.1, 0.15) is 0 Å².